The van der Waals surface area contributed by atoms with Gasteiger partial charge in [0, 0.05) is 23.5 Å². The van der Waals surface area contributed by atoms with E-state index in [0.717, 1.165) is 17.9 Å². The highest BCUT2D eigenvalue weighted by Gasteiger charge is 2.07. The van der Waals surface area contributed by atoms with Crippen molar-refractivity contribution in [2.45, 2.75) is 13.3 Å². The van der Waals surface area contributed by atoms with Crippen LogP contribution in [-0.2, 0) is 6.42 Å². The number of pyridine rings is 1. The van der Waals surface area contributed by atoms with Crippen LogP contribution in [0.1, 0.15) is 12.7 Å². The van der Waals surface area contributed by atoms with Crippen molar-refractivity contribution in [1.29, 1.82) is 0 Å². The number of hydrogen-bond donors (Lipinski definition) is 0. The molecule has 0 saturated heterocycles. The van der Waals surface area contributed by atoms with Gasteiger partial charge in [-0.1, -0.05) is 13.0 Å². The molecule has 0 N–H and O–H groups in total. The van der Waals surface area contributed by atoms with Crippen LogP contribution in [0.15, 0.2) is 40.9 Å². The molecule has 0 amide bonds. The van der Waals surface area contributed by atoms with Crippen LogP contribution in [0.5, 0.6) is 0 Å². The lowest BCUT2D eigenvalue weighted by molar-refractivity contribution is 0.544. The van der Waals surface area contributed by atoms with E-state index < -0.39 is 0 Å². The molecular formula is C12H11NO. The van der Waals surface area contributed by atoms with Gasteiger partial charge in [0.15, 0.2) is 0 Å². The lowest BCUT2D eigenvalue weighted by Crippen LogP contribution is -1.79. The molecule has 3 rings (SSSR count). The van der Waals surface area contributed by atoms with Crippen molar-refractivity contribution in [3.8, 4) is 0 Å². The van der Waals surface area contributed by atoms with Crippen LogP contribution in [0.3, 0.4) is 0 Å². The molecule has 0 fully saturated rings. The molecule has 3 aromatic rings. The largest absolute Gasteiger partial charge is 0.444 e. The summed E-state index contributed by atoms with van der Waals surface area (Å²) < 4.78 is 7.81. The van der Waals surface area contributed by atoms with E-state index in [4.69, 9.17) is 4.42 Å². The van der Waals surface area contributed by atoms with Gasteiger partial charge < -0.3 is 4.42 Å². The number of aryl methyl sites for hydroxylation is 1. The third-order valence-corrected chi connectivity index (χ3v) is 2.55. The second kappa shape index (κ2) is 2.64. The Kier molecular flexibility index (Phi) is 1.45. The van der Waals surface area contributed by atoms with Crippen LogP contribution in [0.25, 0.3) is 16.6 Å². The number of nitrogens with zero attached hydrogens (tertiary/aromatic N) is 1. The average molecular weight is 185 g/mol. The molecule has 0 atom stereocenters. The number of rotatable bonds is 1. The van der Waals surface area contributed by atoms with Gasteiger partial charge in [-0.25, -0.2) is 0 Å². The lowest BCUT2D eigenvalue weighted by atomic mass is 10.3. The Labute approximate surface area is 81.8 Å². The third kappa shape index (κ3) is 0.909. The molecule has 3 heterocycles. The van der Waals surface area contributed by atoms with Crippen molar-refractivity contribution < 1.29 is 4.42 Å². The minimum Gasteiger partial charge on any atom is -0.444 e. The summed E-state index contributed by atoms with van der Waals surface area (Å²) in [6.07, 6.45) is 2.98. The first-order valence-corrected chi connectivity index (χ1v) is 4.87. The Morgan fingerprint density at radius 1 is 1.29 bits per heavy atom. The Hall–Kier alpha value is -1.70. The number of aromatic nitrogens is 1. The predicted octanol–water partition coefficient (Wildman–Crippen LogP) is 3.25. The fraction of sp³-hybridized carbons (Fsp3) is 0.167. The molecule has 2 nitrogen and oxygen atoms in total. The highest BCUT2D eigenvalue weighted by Crippen LogP contribution is 2.23. The van der Waals surface area contributed by atoms with Gasteiger partial charge in [-0.2, -0.15) is 0 Å². The van der Waals surface area contributed by atoms with Crippen molar-refractivity contribution in [2.75, 3.05) is 0 Å². The number of hydrogen-bond acceptors (Lipinski definition) is 1. The van der Waals surface area contributed by atoms with Crippen LogP contribution >= 0.6 is 0 Å². The van der Waals surface area contributed by atoms with Gasteiger partial charge in [0.1, 0.15) is 5.76 Å². The van der Waals surface area contributed by atoms with Crippen molar-refractivity contribution >= 4 is 16.6 Å². The maximum Gasteiger partial charge on any atom is 0.211 e. The SMILES string of the molecule is CCc1cc2cc3ccccn3c2o1. The van der Waals surface area contributed by atoms with Gasteiger partial charge in [0.05, 0.1) is 0 Å². The Bertz CT molecular complexity index is 588. The molecule has 0 aliphatic carbocycles. The van der Waals surface area contributed by atoms with E-state index in [1.165, 1.54) is 10.9 Å². The predicted molar refractivity (Wildman–Crippen MR) is 56.5 cm³/mol. The first-order valence-electron chi connectivity index (χ1n) is 4.87. The van der Waals surface area contributed by atoms with E-state index in [1.807, 2.05) is 18.3 Å². The molecular weight excluding hydrogens is 174 g/mol. The molecule has 0 radical (unpaired) electrons. The maximum atomic E-state index is 5.73. The summed E-state index contributed by atoms with van der Waals surface area (Å²) in [5.74, 6) is 1.05. The molecule has 3 aromatic heterocycles. The van der Waals surface area contributed by atoms with Crippen LogP contribution in [-0.4, -0.2) is 4.40 Å². The fourth-order valence-corrected chi connectivity index (χ4v) is 1.83. The van der Waals surface area contributed by atoms with E-state index in [-0.39, 0.29) is 0 Å². The van der Waals surface area contributed by atoms with Crippen molar-refractivity contribution in [3.05, 3.63) is 42.3 Å². The lowest BCUT2D eigenvalue weighted by Gasteiger charge is -1.92. The summed E-state index contributed by atoms with van der Waals surface area (Å²) in [5.41, 5.74) is 2.14. The maximum absolute atomic E-state index is 5.73. The monoisotopic (exact) mass is 185 g/mol. The van der Waals surface area contributed by atoms with Crippen LogP contribution in [0, 0.1) is 0 Å². The van der Waals surface area contributed by atoms with E-state index in [0.29, 0.717) is 0 Å². The van der Waals surface area contributed by atoms with Gasteiger partial charge in [0.2, 0.25) is 5.71 Å². The minimum absolute atomic E-state index is 0.948. The molecule has 0 unspecified atom stereocenters. The zero-order valence-corrected chi connectivity index (χ0v) is 8.03. The molecule has 70 valence electrons. The highest BCUT2D eigenvalue weighted by atomic mass is 16.3. The van der Waals surface area contributed by atoms with Crippen LogP contribution in [0.2, 0.25) is 0 Å². The molecule has 0 saturated carbocycles. The summed E-state index contributed by atoms with van der Waals surface area (Å²) in [7, 11) is 0. The molecule has 0 aliphatic rings. The zero-order chi connectivity index (χ0) is 9.54. The zero-order valence-electron chi connectivity index (χ0n) is 8.03. The second-order valence-corrected chi connectivity index (χ2v) is 3.47. The van der Waals surface area contributed by atoms with E-state index in [1.54, 1.807) is 0 Å². The molecule has 0 aliphatic heterocycles. The minimum atomic E-state index is 0.948. The van der Waals surface area contributed by atoms with Gasteiger partial charge in [-0.05, 0) is 24.3 Å². The van der Waals surface area contributed by atoms with E-state index in [9.17, 15) is 0 Å². The molecule has 0 spiro atoms. The Balaban J connectivity index is 2.45. The number of fused-ring (bicyclic) bond motifs is 3. The standard InChI is InChI=1S/C12H11NO/c1-2-11-8-9-7-10-5-3-4-6-13(10)12(9)14-11/h3-8H,2H2,1H3. The highest BCUT2D eigenvalue weighted by molar-refractivity contribution is 5.83. The van der Waals surface area contributed by atoms with Gasteiger partial charge in [-0.15, -0.1) is 0 Å². The molecule has 14 heavy (non-hydrogen) atoms. The first-order chi connectivity index (χ1) is 6.88. The Morgan fingerprint density at radius 3 is 3.07 bits per heavy atom. The summed E-state index contributed by atoms with van der Waals surface area (Å²) in [6.45, 7) is 2.10. The smallest absolute Gasteiger partial charge is 0.211 e. The molecule has 0 bridgehead atoms. The Morgan fingerprint density at radius 2 is 2.21 bits per heavy atom. The summed E-state index contributed by atoms with van der Waals surface area (Å²) in [5, 5.41) is 1.19. The van der Waals surface area contributed by atoms with Gasteiger partial charge >= 0.3 is 0 Å². The number of furan rings is 1. The molecule has 2 heteroatoms. The van der Waals surface area contributed by atoms with Crippen LogP contribution < -0.4 is 0 Å². The van der Waals surface area contributed by atoms with E-state index in [2.05, 4.69) is 29.5 Å². The van der Waals surface area contributed by atoms with Crippen molar-refractivity contribution in [3.63, 3.8) is 0 Å². The summed E-state index contributed by atoms with van der Waals surface area (Å²) in [6, 6.07) is 10.4. The summed E-state index contributed by atoms with van der Waals surface area (Å²) in [4.78, 5) is 0. The molecule has 0 aromatic carbocycles. The van der Waals surface area contributed by atoms with Gasteiger partial charge in [-0.3, -0.25) is 4.40 Å². The first kappa shape index (κ1) is 7.68. The fourth-order valence-electron chi connectivity index (χ4n) is 1.83. The van der Waals surface area contributed by atoms with Crippen molar-refractivity contribution in [1.82, 2.24) is 4.40 Å². The van der Waals surface area contributed by atoms with Crippen molar-refractivity contribution in [2.24, 2.45) is 0 Å². The average Bonchev–Trinajstić information content (AvgIpc) is 2.73. The summed E-state index contributed by atoms with van der Waals surface area (Å²) >= 11 is 0. The quantitative estimate of drug-likeness (QED) is 0.569. The topological polar surface area (TPSA) is 17.6 Å². The van der Waals surface area contributed by atoms with E-state index >= 15 is 0 Å². The normalized spacial score (nSPS) is 11.5. The third-order valence-electron chi connectivity index (χ3n) is 2.55. The van der Waals surface area contributed by atoms with Crippen LogP contribution in [0.4, 0.5) is 0 Å². The second-order valence-electron chi connectivity index (χ2n) is 3.47. The van der Waals surface area contributed by atoms with Gasteiger partial charge in [0.25, 0.3) is 0 Å².